The molecule has 0 aromatic heterocycles. The second-order valence-corrected chi connectivity index (χ2v) is 4.62. The molecule has 0 radical (unpaired) electrons. The molecular weight excluding hydrogens is 156 g/mol. The van der Waals surface area contributed by atoms with Crippen molar-refractivity contribution in [2.75, 3.05) is 19.9 Å². The van der Waals surface area contributed by atoms with Crippen molar-refractivity contribution < 1.29 is 4.74 Å². The minimum Gasteiger partial charge on any atom is -0.389 e. The Morgan fingerprint density at radius 3 is 2.91 bits per heavy atom. The molecule has 0 aliphatic carbocycles. The zero-order valence-electron chi connectivity index (χ0n) is 7.60. The lowest BCUT2D eigenvalue weighted by atomic mass is 10.4. The number of hydrogen-bond donors (Lipinski definition) is 2. The second kappa shape index (κ2) is 8.20. The summed E-state index contributed by atoms with van der Waals surface area (Å²) < 4.78 is 4.99. The summed E-state index contributed by atoms with van der Waals surface area (Å²) in [6.45, 7) is 3.01. The summed E-state index contributed by atoms with van der Waals surface area (Å²) in [7, 11) is 1.83. The van der Waals surface area contributed by atoms with E-state index in [1.807, 2.05) is 6.92 Å². The molecule has 0 fully saturated rings. The maximum atomic E-state index is 5.51. The summed E-state index contributed by atoms with van der Waals surface area (Å²) >= 11 is 0. The smallest absolute Gasteiger partial charge is 0.0517 e. The normalized spacial score (nSPS) is 14.5. The Kier molecular flexibility index (Phi) is 8.27. The Hall–Kier alpha value is 0.0969. The lowest BCUT2D eigenvalue weighted by Gasteiger charge is -2.06. The van der Waals surface area contributed by atoms with Crippen LogP contribution in [0.5, 0.6) is 0 Å². The van der Waals surface area contributed by atoms with Gasteiger partial charge in [0.15, 0.2) is 0 Å². The Morgan fingerprint density at radius 2 is 2.36 bits per heavy atom. The topological polar surface area (TPSA) is 47.3 Å². The molecule has 0 aliphatic heterocycles. The third-order valence-electron chi connectivity index (χ3n) is 1.49. The van der Waals surface area contributed by atoms with Gasteiger partial charge in [0.1, 0.15) is 0 Å². The molecule has 0 aromatic rings. The largest absolute Gasteiger partial charge is 0.389 e. The molecule has 3 N–H and O–H groups in total. The minimum atomic E-state index is 0.0634. The van der Waals surface area contributed by atoms with Crippen molar-refractivity contribution in [2.45, 2.75) is 25.6 Å². The van der Waals surface area contributed by atoms with E-state index < -0.39 is 0 Å². The lowest BCUT2D eigenvalue weighted by molar-refractivity contribution is 0.251. The lowest BCUT2D eigenvalue weighted by Crippen LogP contribution is -2.34. The van der Waals surface area contributed by atoms with E-state index in [9.17, 15) is 0 Å². The van der Waals surface area contributed by atoms with Gasteiger partial charge in [-0.05, 0) is 19.9 Å². The molecule has 0 spiro atoms. The molecule has 0 bridgehead atoms. The van der Waals surface area contributed by atoms with Crippen molar-refractivity contribution in [3.8, 4) is 0 Å². The van der Waals surface area contributed by atoms with Gasteiger partial charge < -0.3 is 15.8 Å². The molecule has 0 saturated heterocycles. The number of hydrogen-bond acceptors (Lipinski definition) is 3. The van der Waals surface area contributed by atoms with Crippen molar-refractivity contribution in [3.05, 3.63) is 0 Å². The van der Waals surface area contributed by atoms with Gasteiger partial charge in [-0.15, -0.1) is 0 Å². The van der Waals surface area contributed by atoms with E-state index in [-0.39, 0.29) is 15.7 Å². The molecule has 11 heavy (non-hydrogen) atoms. The Bertz CT molecular complexity index is 80.8. The van der Waals surface area contributed by atoms with Crippen LogP contribution in [-0.2, 0) is 4.74 Å². The molecule has 1 atom stereocenters. The fraction of sp³-hybridized carbons (Fsp3) is 1.00. The number of nitrogens with one attached hydrogen (secondary N) is 1. The maximum Gasteiger partial charge on any atom is 0.0517 e. The zero-order valence-corrected chi connectivity index (χ0v) is 9.01. The van der Waals surface area contributed by atoms with E-state index in [1.54, 1.807) is 7.11 Å². The van der Waals surface area contributed by atoms with Crippen molar-refractivity contribution in [1.82, 2.24) is 5.32 Å². The maximum absolute atomic E-state index is 5.51. The third kappa shape index (κ3) is 10.1. The van der Waals surface area contributed by atoms with Gasteiger partial charge in [-0.25, -0.2) is 0 Å². The van der Waals surface area contributed by atoms with E-state index in [0.717, 1.165) is 12.8 Å². The summed E-state index contributed by atoms with van der Waals surface area (Å²) in [5, 5.41) is 3.18. The summed E-state index contributed by atoms with van der Waals surface area (Å²) in [6.07, 6.45) is 2.40. The monoisotopic (exact) mass is 176 g/mol. The highest BCUT2D eigenvalue weighted by atomic mass is 28.2. The van der Waals surface area contributed by atoms with E-state index in [4.69, 9.17) is 10.5 Å². The van der Waals surface area contributed by atoms with Crippen LogP contribution in [0.1, 0.15) is 13.3 Å². The van der Waals surface area contributed by atoms with Crippen LogP contribution in [0.25, 0.3) is 0 Å². The number of nitrogens with two attached hydrogens (primary N) is 1. The first-order valence-electron chi connectivity index (χ1n) is 4.25. The second-order valence-electron chi connectivity index (χ2n) is 2.80. The Balaban J connectivity index is 2.80. The van der Waals surface area contributed by atoms with Crippen LogP contribution in [0.4, 0.5) is 0 Å². The van der Waals surface area contributed by atoms with Crippen LogP contribution >= 0.6 is 0 Å². The third-order valence-corrected chi connectivity index (χ3v) is 3.19. The Morgan fingerprint density at radius 1 is 1.64 bits per heavy atom. The number of ether oxygens (including phenoxy) is 1. The van der Waals surface area contributed by atoms with Crippen molar-refractivity contribution >= 4 is 9.52 Å². The van der Waals surface area contributed by atoms with Crippen molar-refractivity contribution in [2.24, 2.45) is 5.73 Å². The van der Waals surface area contributed by atoms with Crippen LogP contribution in [0, 0.1) is 0 Å². The first-order chi connectivity index (χ1) is 5.27. The van der Waals surface area contributed by atoms with Gasteiger partial charge in [0.2, 0.25) is 0 Å². The minimum absolute atomic E-state index is 0.0634. The van der Waals surface area contributed by atoms with E-state index in [0.29, 0.717) is 0 Å². The van der Waals surface area contributed by atoms with Gasteiger partial charge >= 0.3 is 0 Å². The molecule has 0 rings (SSSR count). The van der Waals surface area contributed by atoms with Crippen LogP contribution < -0.4 is 11.1 Å². The van der Waals surface area contributed by atoms with Gasteiger partial charge in [0.25, 0.3) is 0 Å². The highest BCUT2D eigenvalue weighted by molar-refractivity contribution is 6.35. The summed E-state index contributed by atoms with van der Waals surface area (Å²) in [5.74, 6) is 0. The SMILES string of the molecule is COC[SiH2]CCCNC(C)N. The molecule has 68 valence electrons. The fourth-order valence-electron chi connectivity index (χ4n) is 0.878. The summed E-state index contributed by atoms with van der Waals surface area (Å²) in [4.78, 5) is 0. The summed E-state index contributed by atoms with van der Waals surface area (Å²) in [6, 6.07) is 1.35. The van der Waals surface area contributed by atoms with Gasteiger partial charge in [0.05, 0.1) is 15.7 Å². The van der Waals surface area contributed by atoms with E-state index >= 15 is 0 Å². The average molecular weight is 176 g/mol. The molecule has 0 aromatic carbocycles. The molecule has 0 aliphatic rings. The van der Waals surface area contributed by atoms with Crippen molar-refractivity contribution in [1.29, 1.82) is 0 Å². The highest BCUT2D eigenvalue weighted by Gasteiger charge is 1.92. The van der Waals surface area contributed by atoms with E-state index in [1.165, 1.54) is 12.5 Å². The molecular formula is C7H20N2OSi. The van der Waals surface area contributed by atoms with Gasteiger partial charge in [-0.1, -0.05) is 6.04 Å². The molecule has 0 amide bonds. The highest BCUT2D eigenvalue weighted by Crippen LogP contribution is 1.86. The molecule has 0 saturated carbocycles. The zero-order chi connectivity index (χ0) is 8.53. The van der Waals surface area contributed by atoms with E-state index in [2.05, 4.69) is 5.32 Å². The molecule has 3 nitrogen and oxygen atoms in total. The van der Waals surface area contributed by atoms with Crippen LogP contribution in [-0.4, -0.2) is 35.6 Å². The first kappa shape index (κ1) is 11.1. The quantitative estimate of drug-likeness (QED) is 0.311. The van der Waals surface area contributed by atoms with Crippen LogP contribution in [0.3, 0.4) is 0 Å². The number of rotatable bonds is 7. The predicted octanol–water partition coefficient (Wildman–Crippen LogP) is -0.538. The number of methoxy groups -OCH3 is 1. The van der Waals surface area contributed by atoms with Gasteiger partial charge in [-0.2, -0.15) is 0 Å². The molecule has 4 heteroatoms. The average Bonchev–Trinajstić information content (AvgIpc) is 1.96. The van der Waals surface area contributed by atoms with Crippen LogP contribution in [0.2, 0.25) is 6.04 Å². The first-order valence-corrected chi connectivity index (χ1v) is 6.25. The standard InChI is InChI=1S/C7H20N2OSi/c1-7(8)9-4-3-5-11-6-10-2/h7,9H,3-6,8,11H2,1-2H3. The Labute approximate surface area is 71.5 Å². The predicted molar refractivity (Wildman–Crippen MR) is 51.5 cm³/mol. The molecule has 1 unspecified atom stereocenters. The van der Waals surface area contributed by atoms with Gasteiger partial charge in [-0.3, -0.25) is 0 Å². The van der Waals surface area contributed by atoms with Crippen LogP contribution in [0.15, 0.2) is 0 Å². The van der Waals surface area contributed by atoms with Gasteiger partial charge in [0, 0.05) is 13.3 Å². The van der Waals surface area contributed by atoms with Crippen molar-refractivity contribution in [3.63, 3.8) is 0 Å². The molecule has 0 heterocycles. The fourth-order valence-corrected chi connectivity index (χ4v) is 1.97. The summed E-state index contributed by atoms with van der Waals surface area (Å²) in [5.41, 5.74) is 5.51.